The molecule has 1 N–H and O–H groups in total. The number of ether oxygens (including phenoxy) is 2. The molecule has 1 atom stereocenters. The first-order valence-corrected chi connectivity index (χ1v) is 7.49. The van der Waals surface area contributed by atoms with Crippen LogP contribution in [0, 0.1) is 5.41 Å². The van der Waals surface area contributed by atoms with E-state index in [1.807, 2.05) is 0 Å². The standard InChI is InChI=1S/C14H26N2O2.2ClH/c1(13-11-17-9-10-18-13)7-16-8-4-14(12-16)2-5-15-6-3-14;;/h13,15H,1-12H2;2*1H. The summed E-state index contributed by atoms with van der Waals surface area (Å²) in [4.78, 5) is 2.64. The van der Waals surface area contributed by atoms with Gasteiger partial charge in [-0.25, -0.2) is 0 Å². The number of piperidine rings is 1. The predicted octanol–water partition coefficient (Wildman–Crippen LogP) is 1.71. The van der Waals surface area contributed by atoms with Crippen molar-refractivity contribution in [1.29, 1.82) is 0 Å². The first-order chi connectivity index (χ1) is 8.86. The molecule has 0 aromatic heterocycles. The van der Waals surface area contributed by atoms with Gasteiger partial charge in [-0.2, -0.15) is 0 Å². The van der Waals surface area contributed by atoms with E-state index in [9.17, 15) is 0 Å². The molecule has 0 amide bonds. The Bertz CT molecular complexity index is 270. The van der Waals surface area contributed by atoms with Gasteiger partial charge in [-0.1, -0.05) is 0 Å². The highest BCUT2D eigenvalue weighted by atomic mass is 35.5. The lowest BCUT2D eigenvalue weighted by atomic mass is 9.78. The lowest BCUT2D eigenvalue weighted by Gasteiger charge is -2.34. The summed E-state index contributed by atoms with van der Waals surface area (Å²) < 4.78 is 11.2. The lowest BCUT2D eigenvalue weighted by Crippen LogP contribution is -2.39. The minimum Gasteiger partial charge on any atom is -0.376 e. The second kappa shape index (κ2) is 8.76. The largest absolute Gasteiger partial charge is 0.376 e. The molecule has 20 heavy (non-hydrogen) atoms. The summed E-state index contributed by atoms with van der Waals surface area (Å²) in [6.45, 7) is 8.55. The summed E-state index contributed by atoms with van der Waals surface area (Å²) >= 11 is 0. The summed E-state index contributed by atoms with van der Waals surface area (Å²) in [5.41, 5.74) is 0.634. The van der Waals surface area contributed by atoms with E-state index in [1.165, 1.54) is 52.0 Å². The molecule has 3 fully saturated rings. The van der Waals surface area contributed by atoms with Gasteiger partial charge in [-0.3, -0.25) is 0 Å². The summed E-state index contributed by atoms with van der Waals surface area (Å²) in [5, 5.41) is 3.48. The van der Waals surface area contributed by atoms with Gasteiger partial charge in [0.05, 0.1) is 25.9 Å². The number of rotatable bonds is 3. The first kappa shape index (κ1) is 18.5. The van der Waals surface area contributed by atoms with Gasteiger partial charge in [0.2, 0.25) is 0 Å². The van der Waals surface area contributed by atoms with Crippen LogP contribution in [0.5, 0.6) is 0 Å². The molecule has 0 bridgehead atoms. The zero-order chi connectivity index (χ0) is 12.3. The van der Waals surface area contributed by atoms with Crippen LogP contribution in [-0.4, -0.2) is 63.5 Å². The monoisotopic (exact) mass is 326 g/mol. The van der Waals surface area contributed by atoms with Gasteiger partial charge >= 0.3 is 0 Å². The summed E-state index contributed by atoms with van der Waals surface area (Å²) in [6, 6.07) is 0. The molecule has 0 aromatic rings. The van der Waals surface area contributed by atoms with E-state index in [-0.39, 0.29) is 24.8 Å². The van der Waals surface area contributed by atoms with Crippen molar-refractivity contribution in [3.63, 3.8) is 0 Å². The van der Waals surface area contributed by atoms with Crippen molar-refractivity contribution in [3.8, 4) is 0 Å². The number of halogens is 2. The molecule has 0 radical (unpaired) electrons. The van der Waals surface area contributed by atoms with Crippen LogP contribution in [0.15, 0.2) is 0 Å². The van der Waals surface area contributed by atoms with E-state index in [1.54, 1.807) is 0 Å². The smallest absolute Gasteiger partial charge is 0.0821 e. The van der Waals surface area contributed by atoms with Gasteiger partial charge in [-0.05, 0) is 50.7 Å². The Balaban J connectivity index is 0.000001000. The van der Waals surface area contributed by atoms with Crippen molar-refractivity contribution in [2.75, 3.05) is 52.5 Å². The molecule has 0 aromatic carbocycles. The number of hydrogen-bond acceptors (Lipinski definition) is 4. The summed E-state index contributed by atoms with van der Waals surface area (Å²) in [7, 11) is 0. The SMILES string of the molecule is C1CC2(CCN1)CCN(CCC1COCCO1)C2.Cl.Cl. The van der Waals surface area contributed by atoms with Crippen molar-refractivity contribution < 1.29 is 9.47 Å². The van der Waals surface area contributed by atoms with Crippen LogP contribution in [0.1, 0.15) is 25.7 Å². The van der Waals surface area contributed by atoms with Crippen LogP contribution in [0.3, 0.4) is 0 Å². The maximum absolute atomic E-state index is 5.71. The quantitative estimate of drug-likeness (QED) is 0.856. The van der Waals surface area contributed by atoms with E-state index >= 15 is 0 Å². The van der Waals surface area contributed by atoms with Crippen molar-refractivity contribution in [2.45, 2.75) is 31.8 Å². The fourth-order valence-electron chi connectivity index (χ4n) is 3.61. The van der Waals surface area contributed by atoms with E-state index in [4.69, 9.17) is 9.47 Å². The molecule has 3 saturated heterocycles. The molecule has 3 rings (SSSR count). The predicted molar refractivity (Wildman–Crippen MR) is 85.3 cm³/mol. The minimum atomic E-state index is 0. The number of nitrogens with zero attached hydrogens (tertiary/aromatic N) is 1. The first-order valence-electron chi connectivity index (χ1n) is 7.49. The van der Waals surface area contributed by atoms with Crippen molar-refractivity contribution in [1.82, 2.24) is 10.2 Å². The minimum absolute atomic E-state index is 0. The highest BCUT2D eigenvalue weighted by molar-refractivity contribution is 5.85. The zero-order valence-electron chi connectivity index (χ0n) is 12.1. The molecule has 6 heteroatoms. The molecule has 3 aliphatic rings. The average molecular weight is 327 g/mol. The summed E-state index contributed by atoms with van der Waals surface area (Å²) in [6.07, 6.45) is 5.60. The Labute approximate surface area is 134 Å². The fraction of sp³-hybridized carbons (Fsp3) is 1.00. The third-order valence-electron chi connectivity index (χ3n) is 4.83. The summed E-state index contributed by atoms with van der Waals surface area (Å²) in [5.74, 6) is 0. The molecule has 1 spiro atoms. The van der Waals surface area contributed by atoms with Crippen LogP contribution < -0.4 is 5.32 Å². The fourth-order valence-corrected chi connectivity index (χ4v) is 3.61. The van der Waals surface area contributed by atoms with Gasteiger partial charge in [0.25, 0.3) is 0 Å². The third-order valence-corrected chi connectivity index (χ3v) is 4.83. The van der Waals surface area contributed by atoms with Gasteiger partial charge in [0.1, 0.15) is 0 Å². The van der Waals surface area contributed by atoms with Gasteiger partial charge in [0, 0.05) is 13.1 Å². The van der Waals surface area contributed by atoms with Crippen LogP contribution in [0.25, 0.3) is 0 Å². The Morgan fingerprint density at radius 3 is 2.60 bits per heavy atom. The average Bonchev–Trinajstić information content (AvgIpc) is 2.82. The molecule has 120 valence electrons. The Morgan fingerprint density at radius 2 is 1.90 bits per heavy atom. The zero-order valence-corrected chi connectivity index (χ0v) is 13.8. The molecule has 0 saturated carbocycles. The topological polar surface area (TPSA) is 33.7 Å². The normalized spacial score (nSPS) is 29.7. The molecule has 3 heterocycles. The van der Waals surface area contributed by atoms with Crippen LogP contribution in [-0.2, 0) is 9.47 Å². The second-order valence-corrected chi connectivity index (χ2v) is 6.13. The number of likely N-dealkylation sites (tertiary alicyclic amines) is 1. The highest BCUT2D eigenvalue weighted by Crippen LogP contribution is 2.38. The van der Waals surface area contributed by atoms with Crippen molar-refractivity contribution >= 4 is 24.8 Å². The molecular weight excluding hydrogens is 299 g/mol. The maximum Gasteiger partial charge on any atom is 0.0821 e. The maximum atomic E-state index is 5.71. The van der Waals surface area contributed by atoms with Crippen LogP contribution >= 0.6 is 24.8 Å². The van der Waals surface area contributed by atoms with E-state index in [0.29, 0.717) is 11.5 Å². The van der Waals surface area contributed by atoms with Gasteiger partial charge in [-0.15, -0.1) is 24.8 Å². The Kier molecular flexibility index (Phi) is 8.09. The van der Waals surface area contributed by atoms with Gasteiger partial charge in [0.15, 0.2) is 0 Å². The van der Waals surface area contributed by atoms with Crippen molar-refractivity contribution in [2.24, 2.45) is 5.41 Å². The van der Waals surface area contributed by atoms with Crippen LogP contribution in [0.2, 0.25) is 0 Å². The van der Waals surface area contributed by atoms with E-state index in [2.05, 4.69) is 10.2 Å². The lowest BCUT2D eigenvalue weighted by molar-refractivity contribution is -0.0924. The molecule has 3 aliphatic heterocycles. The van der Waals surface area contributed by atoms with Crippen LogP contribution in [0.4, 0.5) is 0 Å². The number of hydrogen-bond donors (Lipinski definition) is 1. The Morgan fingerprint density at radius 1 is 1.10 bits per heavy atom. The van der Waals surface area contributed by atoms with Gasteiger partial charge < -0.3 is 19.7 Å². The molecule has 1 unspecified atom stereocenters. The second-order valence-electron chi connectivity index (χ2n) is 6.13. The van der Waals surface area contributed by atoms with Crippen molar-refractivity contribution in [3.05, 3.63) is 0 Å². The Hall–Kier alpha value is 0.420. The van der Waals surface area contributed by atoms with E-state index in [0.717, 1.165) is 26.2 Å². The third kappa shape index (κ3) is 4.72. The van der Waals surface area contributed by atoms with E-state index < -0.39 is 0 Å². The molecular formula is C14H28Cl2N2O2. The molecule has 0 aliphatic carbocycles. The molecule has 4 nitrogen and oxygen atoms in total. The highest BCUT2D eigenvalue weighted by Gasteiger charge is 2.38. The number of nitrogens with one attached hydrogen (secondary N) is 1.